The highest BCUT2D eigenvalue weighted by molar-refractivity contribution is 7.89. The van der Waals surface area contributed by atoms with Crippen LogP contribution >= 0.6 is 0 Å². The summed E-state index contributed by atoms with van der Waals surface area (Å²) in [6.07, 6.45) is 1.57. The van der Waals surface area contributed by atoms with Crippen LogP contribution in [0.5, 0.6) is 5.75 Å². The number of amides is 1. The highest BCUT2D eigenvalue weighted by Gasteiger charge is 2.28. The van der Waals surface area contributed by atoms with Crippen LogP contribution < -0.4 is 10.2 Å². The Balaban J connectivity index is 1.22. The fourth-order valence-corrected chi connectivity index (χ4v) is 5.25. The van der Waals surface area contributed by atoms with E-state index in [4.69, 9.17) is 4.74 Å². The van der Waals surface area contributed by atoms with Crippen LogP contribution in [-0.4, -0.2) is 62.5 Å². The van der Waals surface area contributed by atoms with Gasteiger partial charge in [0.25, 0.3) is 5.91 Å². The second kappa shape index (κ2) is 11.9. The SMILES string of the molecule is Cc1ccc(S(=O)(=O)N2CCN(CC(=O)NN=Cc3cccc(OCc4ccccc4)c3)CC2)cc1. The first-order valence-corrected chi connectivity index (χ1v) is 13.2. The van der Waals surface area contributed by atoms with Crippen LogP contribution in [-0.2, 0) is 21.4 Å². The third kappa shape index (κ3) is 7.00. The summed E-state index contributed by atoms with van der Waals surface area (Å²) in [5.41, 5.74) is 5.44. The van der Waals surface area contributed by atoms with Crippen molar-refractivity contribution in [2.24, 2.45) is 5.10 Å². The Morgan fingerprint density at radius 1 is 0.972 bits per heavy atom. The molecule has 1 amide bonds. The molecule has 36 heavy (non-hydrogen) atoms. The van der Waals surface area contributed by atoms with E-state index >= 15 is 0 Å². The number of rotatable bonds is 9. The lowest BCUT2D eigenvalue weighted by atomic mass is 10.2. The van der Waals surface area contributed by atoms with Gasteiger partial charge >= 0.3 is 0 Å². The predicted molar refractivity (Wildman–Crippen MR) is 139 cm³/mol. The van der Waals surface area contributed by atoms with Crippen LogP contribution in [0.15, 0.2) is 88.9 Å². The first-order valence-electron chi connectivity index (χ1n) is 11.8. The molecule has 0 radical (unpaired) electrons. The molecule has 3 aromatic rings. The summed E-state index contributed by atoms with van der Waals surface area (Å²) >= 11 is 0. The molecule has 0 spiro atoms. The maximum atomic E-state index is 12.8. The molecule has 1 saturated heterocycles. The molecule has 3 aromatic carbocycles. The topological polar surface area (TPSA) is 91.3 Å². The minimum absolute atomic E-state index is 0.149. The lowest BCUT2D eigenvalue weighted by Crippen LogP contribution is -2.50. The quantitative estimate of drug-likeness (QED) is 0.356. The normalized spacial score (nSPS) is 15.1. The summed E-state index contributed by atoms with van der Waals surface area (Å²) in [6.45, 7) is 4.16. The molecular formula is C27H30N4O4S. The molecule has 1 aliphatic rings. The fourth-order valence-electron chi connectivity index (χ4n) is 3.83. The number of sulfonamides is 1. The maximum absolute atomic E-state index is 12.8. The number of hydrogen-bond donors (Lipinski definition) is 1. The lowest BCUT2D eigenvalue weighted by Gasteiger charge is -2.33. The number of hydrazone groups is 1. The van der Waals surface area contributed by atoms with Crippen molar-refractivity contribution >= 4 is 22.1 Å². The second-order valence-corrected chi connectivity index (χ2v) is 10.6. The number of nitrogens with one attached hydrogen (secondary N) is 1. The number of carbonyl (C=O) groups excluding carboxylic acids is 1. The second-order valence-electron chi connectivity index (χ2n) is 8.63. The van der Waals surface area contributed by atoms with Gasteiger partial charge in [-0.1, -0.05) is 60.2 Å². The average molecular weight is 507 g/mol. The highest BCUT2D eigenvalue weighted by Crippen LogP contribution is 2.18. The molecule has 9 heteroatoms. The Hall–Kier alpha value is -3.53. The van der Waals surface area contributed by atoms with Gasteiger partial charge in [-0.15, -0.1) is 0 Å². The van der Waals surface area contributed by atoms with Crippen LogP contribution in [0.2, 0.25) is 0 Å². The Morgan fingerprint density at radius 2 is 1.69 bits per heavy atom. The molecule has 0 atom stereocenters. The zero-order chi connectivity index (χ0) is 25.4. The van der Waals surface area contributed by atoms with Gasteiger partial charge in [0.15, 0.2) is 0 Å². The molecule has 0 aromatic heterocycles. The van der Waals surface area contributed by atoms with Crippen LogP contribution in [0.3, 0.4) is 0 Å². The van der Waals surface area contributed by atoms with Crippen LogP contribution in [0.1, 0.15) is 16.7 Å². The standard InChI is InChI=1S/C27H30N4O4S/c1-22-10-12-26(13-11-22)36(33,34)31-16-14-30(15-17-31)20-27(32)29-28-19-24-8-5-9-25(18-24)35-21-23-6-3-2-4-7-23/h2-13,18-19H,14-17,20-21H2,1H3,(H,29,32). The number of piperazine rings is 1. The molecular weight excluding hydrogens is 476 g/mol. The van der Waals surface area contributed by atoms with E-state index in [9.17, 15) is 13.2 Å². The molecule has 0 unspecified atom stereocenters. The van der Waals surface area contributed by atoms with Gasteiger partial charge in [-0.05, 0) is 42.3 Å². The molecule has 0 aliphatic carbocycles. The van der Waals surface area contributed by atoms with Crippen molar-refractivity contribution in [3.05, 3.63) is 95.6 Å². The Bertz CT molecular complexity index is 1290. The number of carbonyl (C=O) groups is 1. The zero-order valence-electron chi connectivity index (χ0n) is 20.2. The average Bonchev–Trinajstić information content (AvgIpc) is 2.89. The van der Waals surface area contributed by atoms with Gasteiger partial charge in [-0.25, -0.2) is 13.8 Å². The molecule has 0 bridgehead atoms. The minimum Gasteiger partial charge on any atom is -0.489 e. The van der Waals surface area contributed by atoms with Gasteiger partial charge in [-0.3, -0.25) is 9.69 Å². The fraction of sp³-hybridized carbons (Fsp3) is 0.259. The Kier molecular flexibility index (Phi) is 8.48. The first kappa shape index (κ1) is 25.6. The summed E-state index contributed by atoms with van der Waals surface area (Å²) in [5, 5.41) is 4.05. The highest BCUT2D eigenvalue weighted by atomic mass is 32.2. The van der Waals surface area contributed by atoms with Gasteiger partial charge in [0, 0.05) is 26.2 Å². The van der Waals surface area contributed by atoms with E-state index in [1.54, 1.807) is 30.5 Å². The molecule has 4 rings (SSSR count). The number of aryl methyl sites for hydroxylation is 1. The first-order chi connectivity index (χ1) is 17.4. The van der Waals surface area contributed by atoms with E-state index in [-0.39, 0.29) is 12.5 Å². The molecule has 1 aliphatic heterocycles. The van der Waals surface area contributed by atoms with E-state index in [0.717, 1.165) is 16.7 Å². The molecule has 188 valence electrons. The molecule has 1 heterocycles. The summed E-state index contributed by atoms with van der Waals surface area (Å²) < 4.78 is 33.0. The number of benzene rings is 3. The number of hydrogen-bond acceptors (Lipinski definition) is 6. The van der Waals surface area contributed by atoms with Crippen molar-refractivity contribution in [3.63, 3.8) is 0 Å². The van der Waals surface area contributed by atoms with Crippen molar-refractivity contribution in [2.45, 2.75) is 18.4 Å². The smallest absolute Gasteiger partial charge is 0.254 e. The Morgan fingerprint density at radius 3 is 2.42 bits per heavy atom. The third-order valence-corrected chi connectivity index (χ3v) is 7.78. The van der Waals surface area contributed by atoms with Crippen LogP contribution in [0, 0.1) is 6.92 Å². The van der Waals surface area contributed by atoms with E-state index in [1.807, 2.05) is 66.4 Å². The molecule has 8 nitrogen and oxygen atoms in total. The minimum atomic E-state index is -3.53. The molecule has 1 N–H and O–H groups in total. The van der Waals surface area contributed by atoms with Crippen molar-refractivity contribution in [1.82, 2.24) is 14.6 Å². The predicted octanol–water partition coefficient (Wildman–Crippen LogP) is 3.03. The van der Waals surface area contributed by atoms with Crippen LogP contribution in [0.25, 0.3) is 0 Å². The Labute approximate surface area is 212 Å². The summed E-state index contributed by atoms with van der Waals surface area (Å²) in [5.74, 6) is 0.463. The van der Waals surface area contributed by atoms with Gasteiger partial charge in [0.1, 0.15) is 12.4 Å². The van der Waals surface area contributed by atoms with Crippen LogP contribution in [0.4, 0.5) is 0 Å². The number of ether oxygens (including phenoxy) is 1. The monoisotopic (exact) mass is 506 g/mol. The lowest BCUT2D eigenvalue weighted by molar-refractivity contribution is -0.122. The summed E-state index contributed by atoms with van der Waals surface area (Å²) in [7, 11) is -3.53. The number of nitrogens with zero attached hydrogens (tertiary/aromatic N) is 3. The van der Waals surface area contributed by atoms with Gasteiger partial charge in [0.05, 0.1) is 17.7 Å². The largest absolute Gasteiger partial charge is 0.489 e. The van der Waals surface area contributed by atoms with E-state index < -0.39 is 10.0 Å². The third-order valence-electron chi connectivity index (χ3n) is 5.87. The molecule has 1 fully saturated rings. The van der Waals surface area contributed by atoms with Crippen molar-refractivity contribution in [3.8, 4) is 5.75 Å². The van der Waals surface area contributed by atoms with Crippen molar-refractivity contribution in [2.75, 3.05) is 32.7 Å². The summed E-state index contributed by atoms with van der Waals surface area (Å²) in [6, 6.07) is 24.2. The van der Waals surface area contributed by atoms with Gasteiger partial charge in [0.2, 0.25) is 10.0 Å². The van der Waals surface area contributed by atoms with E-state index in [2.05, 4.69) is 10.5 Å². The summed E-state index contributed by atoms with van der Waals surface area (Å²) in [4.78, 5) is 14.6. The van der Waals surface area contributed by atoms with Gasteiger partial charge in [-0.2, -0.15) is 9.41 Å². The zero-order valence-corrected chi connectivity index (χ0v) is 21.0. The maximum Gasteiger partial charge on any atom is 0.254 e. The van der Waals surface area contributed by atoms with E-state index in [1.165, 1.54) is 4.31 Å². The van der Waals surface area contributed by atoms with Crippen molar-refractivity contribution < 1.29 is 17.9 Å². The van der Waals surface area contributed by atoms with Gasteiger partial charge < -0.3 is 4.74 Å². The molecule has 0 saturated carbocycles. The van der Waals surface area contributed by atoms with Crippen molar-refractivity contribution in [1.29, 1.82) is 0 Å². The van der Waals surface area contributed by atoms with E-state index in [0.29, 0.717) is 43.4 Å².